The van der Waals surface area contributed by atoms with Crippen LogP contribution in [0.25, 0.3) is 0 Å². The summed E-state index contributed by atoms with van der Waals surface area (Å²) >= 11 is 5.99. The minimum absolute atomic E-state index is 0.00152. The molecule has 0 aliphatic heterocycles. The average Bonchev–Trinajstić information content (AvgIpc) is 2.71. The van der Waals surface area contributed by atoms with Gasteiger partial charge in [-0.1, -0.05) is 6.07 Å². The second-order valence-corrected chi connectivity index (χ2v) is 4.02. The normalized spacial score (nSPS) is 10.9. The lowest BCUT2D eigenvalue weighted by Gasteiger charge is -2.04. The maximum Gasteiger partial charge on any atom is 0.360 e. The van der Waals surface area contributed by atoms with Crippen molar-refractivity contribution in [3.8, 4) is 0 Å². The monoisotopic (exact) mass is 257 g/mol. The van der Waals surface area contributed by atoms with Crippen LogP contribution in [0.1, 0.15) is 11.8 Å². The molecular formula is C9H11N3O2S2. The number of hydrogen-bond acceptors (Lipinski definition) is 5. The van der Waals surface area contributed by atoms with Crippen LogP contribution in [0.3, 0.4) is 0 Å². The molecule has 1 aromatic heterocycles. The van der Waals surface area contributed by atoms with E-state index in [1.807, 2.05) is 11.4 Å². The van der Waals surface area contributed by atoms with E-state index < -0.39 is 5.97 Å². The van der Waals surface area contributed by atoms with Gasteiger partial charge in [-0.2, -0.15) is 5.10 Å². The molecule has 7 heteroatoms. The number of nitrogens with zero attached hydrogens (tertiary/aromatic N) is 1. The van der Waals surface area contributed by atoms with E-state index in [0.29, 0.717) is 4.88 Å². The average molecular weight is 257 g/mol. The van der Waals surface area contributed by atoms with Gasteiger partial charge in [-0.05, 0) is 30.6 Å². The Morgan fingerprint density at radius 2 is 2.50 bits per heavy atom. The van der Waals surface area contributed by atoms with Crippen LogP contribution in [0.4, 0.5) is 0 Å². The van der Waals surface area contributed by atoms with Crippen LogP contribution in [0, 0.1) is 0 Å². The van der Waals surface area contributed by atoms with Gasteiger partial charge in [0, 0.05) is 0 Å². The van der Waals surface area contributed by atoms with Gasteiger partial charge in [-0.25, -0.2) is 4.79 Å². The quantitative estimate of drug-likeness (QED) is 0.362. The number of esters is 1. The molecule has 0 atom stereocenters. The van der Waals surface area contributed by atoms with Crippen molar-refractivity contribution in [2.45, 2.75) is 6.92 Å². The van der Waals surface area contributed by atoms with Crippen LogP contribution in [0.5, 0.6) is 0 Å². The number of carbonyl (C=O) groups excluding carboxylic acids is 1. The second-order valence-electron chi connectivity index (χ2n) is 2.63. The molecule has 3 N–H and O–H groups in total. The van der Waals surface area contributed by atoms with E-state index in [2.05, 4.69) is 22.7 Å². The molecule has 0 saturated heterocycles. The van der Waals surface area contributed by atoms with Crippen LogP contribution in [-0.4, -0.2) is 23.4 Å². The Kier molecular flexibility index (Phi) is 4.87. The van der Waals surface area contributed by atoms with E-state index in [1.54, 1.807) is 13.0 Å². The van der Waals surface area contributed by atoms with Crippen LogP contribution < -0.4 is 11.2 Å². The molecule has 0 amide bonds. The zero-order valence-electron chi connectivity index (χ0n) is 8.60. The summed E-state index contributed by atoms with van der Waals surface area (Å²) in [4.78, 5) is 12.3. The second kappa shape index (κ2) is 6.19. The van der Waals surface area contributed by atoms with Crippen molar-refractivity contribution in [1.29, 1.82) is 0 Å². The summed E-state index contributed by atoms with van der Waals surface area (Å²) in [6.45, 7) is 2.02. The number of nitrogens with two attached hydrogens (primary N) is 1. The van der Waals surface area contributed by atoms with E-state index in [-0.39, 0.29) is 17.4 Å². The molecule has 1 aromatic rings. The van der Waals surface area contributed by atoms with Crippen molar-refractivity contribution in [2.75, 3.05) is 6.61 Å². The number of ether oxygens (including phenoxy) is 1. The Balaban J connectivity index is 2.90. The third-order valence-corrected chi connectivity index (χ3v) is 2.47. The molecule has 0 aliphatic carbocycles. The van der Waals surface area contributed by atoms with Crippen molar-refractivity contribution < 1.29 is 9.53 Å². The standard InChI is InChI=1S/C9H11N3O2S2/c1-2-14-8(13)7(11-12-9(10)15)6-4-3-5-16-6/h3-5H,2H2,1H3,(H3,10,12,15)/b11-7+. The third kappa shape index (κ3) is 3.59. The number of nitrogens with one attached hydrogen (secondary N) is 1. The largest absolute Gasteiger partial charge is 0.461 e. The minimum atomic E-state index is -0.506. The first-order valence-corrected chi connectivity index (χ1v) is 5.78. The van der Waals surface area contributed by atoms with Crippen LogP contribution >= 0.6 is 23.6 Å². The molecule has 0 saturated carbocycles. The summed E-state index contributed by atoms with van der Waals surface area (Å²) < 4.78 is 4.87. The number of carbonyl (C=O) groups is 1. The van der Waals surface area contributed by atoms with Gasteiger partial charge in [-0.3, -0.25) is 5.43 Å². The Labute approximate surface area is 102 Å². The predicted molar refractivity (Wildman–Crippen MR) is 67.4 cm³/mol. The van der Waals surface area contributed by atoms with Gasteiger partial charge in [0.1, 0.15) is 0 Å². The summed E-state index contributed by atoms with van der Waals surface area (Å²) in [7, 11) is 0. The fraction of sp³-hybridized carbons (Fsp3) is 0.222. The lowest BCUT2D eigenvalue weighted by atomic mass is 10.3. The molecule has 0 aromatic carbocycles. The molecule has 0 spiro atoms. The fourth-order valence-electron chi connectivity index (χ4n) is 0.925. The smallest absolute Gasteiger partial charge is 0.360 e. The van der Waals surface area contributed by atoms with Crippen molar-refractivity contribution in [3.63, 3.8) is 0 Å². The predicted octanol–water partition coefficient (Wildman–Crippen LogP) is 0.849. The first-order chi connectivity index (χ1) is 7.65. The molecule has 86 valence electrons. The highest BCUT2D eigenvalue weighted by molar-refractivity contribution is 7.80. The molecule has 0 aliphatic rings. The highest BCUT2D eigenvalue weighted by Gasteiger charge is 2.16. The maximum atomic E-state index is 11.6. The number of hydrogen-bond donors (Lipinski definition) is 2. The van der Waals surface area contributed by atoms with Gasteiger partial charge in [0.05, 0.1) is 11.5 Å². The topological polar surface area (TPSA) is 76.7 Å². The van der Waals surface area contributed by atoms with Crippen LogP contribution in [-0.2, 0) is 9.53 Å². The Bertz CT molecular complexity index is 401. The lowest BCUT2D eigenvalue weighted by molar-refractivity contribution is -0.134. The van der Waals surface area contributed by atoms with Gasteiger partial charge in [0.2, 0.25) is 0 Å². The third-order valence-electron chi connectivity index (χ3n) is 1.50. The highest BCUT2D eigenvalue weighted by atomic mass is 32.1. The van der Waals surface area contributed by atoms with Crippen LogP contribution in [0.15, 0.2) is 22.6 Å². The summed E-state index contributed by atoms with van der Waals surface area (Å²) in [5.41, 5.74) is 7.78. The van der Waals surface area contributed by atoms with Crippen LogP contribution in [0.2, 0.25) is 0 Å². The van der Waals surface area contributed by atoms with E-state index >= 15 is 0 Å². The first kappa shape index (κ1) is 12.6. The summed E-state index contributed by atoms with van der Waals surface area (Å²) in [5, 5.41) is 5.66. The summed E-state index contributed by atoms with van der Waals surface area (Å²) in [6, 6.07) is 3.58. The SMILES string of the molecule is CCOC(=O)/C(=N/NC(N)=S)c1cccs1. The van der Waals surface area contributed by atoms with Crippen molar-refractivity contribution in [3.05, 3.63) is 22.4 Å². The molecular weight excluding hydrogens is 246 g/mol. The molecule has 0 radical (unpaired) electrons. The van der Waals surface area contributed by atoms with E-state index in [9.17, 15) is 4.79 Å². The van der Waals surface area contributed by atoms with Gasteiger partial charge in [-0.15, -0.1) is 11.3 Å². The molecule has 16 heavy (non-hydrogen) atoms. The van der Waals surface area contributed by atoms with E-state index in [4.69, 9.17) is 10.5 Å². The Morgan fingerprint density at radius 3 is 3.00 bits per heavy atom. The van der Waals surface area contributed by atoms with Crippen molar-refractivity contribution in [1.82, 2.24) is 5.43 Å². The lowest BCUT2D eigenvalue weighted by Crippen LogP contribution is -2.28. The zero-order valence-corrected chi connectivity index (χ0v) is 10.2. The maximum absolute atomic E-state index is 11.6. The number of hydrazone groups is 1. The fourth-order valence-corrected chi connectivity index (χ4v) is 1.67. The van der Waals surface area contributed by atoms with Crippen molar-refractivity contribution >= 4 is 40.3 Å². The van der Waals surface area contributed by atoms with Crippen molar-refractivity contribution in [2.24, 2.45) is 10.8 Å². The molecule has 0 bridgehead atoms. The van der Waals surface area contributed by atoms with Gasteiger partial charge in [0.15, 0.2) is 10.8 Å². The zero-order chi connectivity index (χ0) is 12.0. The number of rotatable bonds is 4. The Morgan fingerprint density at radius 1 is 1.75 bits per heavy atom. The number of thiocarbonyl (C=S) groups is 1. The van der Waals surface area contributed by atoms with Gasteiger partial charge >= 0.3 is 5.97 Å². The Hall–Kier alpha value is -1.47. The highest BCUT2D eigenvalue weighted by Crippen LogP contribution is 2.10. The minimum Gasteiger partial charge on any atom is -0.461 e. The molecule has 1 rings (SSSR count). The first-order valence-electron chi connectivity index (χ1n) is 4.49. The van der Waals surface area contributed by atoms with E-state index in [0.717, 1.165) is 0 Å². The summed E-state index contributed by atoms with van der Waals surface area (Å²) in [6.07, 6.45) is 0. The van der Waals surface area contributed by atoms with Gasteiger partial charge < -0.3 is 10.5 Å². The molecule has 5 nitrogen and oxygen atoms in total. The molecule has 0 unspecified atom stereocenters. The summed E-state index contributed by atoms with van der Waals surface area (Å²) in [5.74, 6) is -0.506. The molecule has 0 fully saturated rings. The van der Waals surface area contributed by atoms with Gasteiger partial charge in [0.25, 0.3) is 0 Å². The molecule has 1 heterocycles. The van der Waals surface area contributed by atoms with E-state index in [1.165, 1.54) is 11.3 Å². The number of thiophene rings is 1.